The van der Waals surface area contributed by atoms with Gasteiger partial charge in [-0.1, -0.05) is 24.3 Å². The molecule has 1 aromatic carbocycles. The summed E-state index contributed by atoms with van der Waals surface area (Å²) >= 11 is 1.76. The largest absolute Gasteiger partial charge is 0.368 e. The molecular formula is C22H25N3OS. The van der Waals surface area contributed by atoms with Crippen molar-refractivity contribution in [3.05, 3.63) is 75.7 Å². The molecule has 140 valence electrons. The van der Waals surface area contributed by atoms with Gasteiger partial charge in [0.2, 0.25) is 0 Å². The molecule has 1 fully saturated rings. The van der Waals surface area contributed by atoms with Crippen LogP contribution in [0.25, 0.3) is 0 Å². The molecular weight excluding hydrogens is 354 g/mol. The lowest BCUT2D eigenvalue weighted by Crippen LogP contribution is -2.48. The van der Waals surface area contributed by atoms with Gasteiger partial charge in [0.1, 0.15) is 0 Å². The summed E-state index contributed by atoms with van der Waals surface area (Å²) < 4.78 is 2.25. The lowest BCUT2D eigenvalue weighted by Gasteiger charge is -2.36. The van der Waals surface area contributed by atoms with Crippen LogP contribution in [0.1, 0.15) is 26.6 Å². The molecule has 0 atom stereocenters. The summed E-state index contributed by atoms with van der Waals surface area (Å²) in [6.45, 7) is 8.28. The van der Waals surface area contributed by atoms with Crippen molar-refractivity contribution in [3.8, 4) is 0 Å². The van der Waals surface area contributed by atoms with E-state index < -0.39 is 0 Å². The Morgan fingerprint density at radius 1 is 1.00 bits per heavy atom. The van der Waals surface area contributed by atoms with E-state index in [1.807, 2.05) is 11.0 Å². The van der Waals surface area contributed by atoms with Gasteiger partial charge < -0.3 is 14.4 Å². The van der Waals surface area contributed by atoms with E-state index in [1.165, 1.54) is 10.6 Å². The van der Waals surface area contributed by atoms with Gasteiger partial charge in [-0.05, 0) is 43.5 Å². The van der Waals surface area contributed by atoms with Crippen LogP contribution in [-0.2, 0) is 6.54 Å². The number of aryl methyl sites for hydroxylation is 1. The zero-order chi connectivity index (χ0) is 18.8. The summed E-state index contributed by atoms with van der Waals surface area (Å²) in [5.74, 6) is 0.160. The number of para-hydroxylation sites is 1. The number of anilines is 1. The van der Waals surface area contributed by atoms with Crippen molar-refractivity contribution in [1.29, 1.82) is 0 Å². The Labute approximate surface area is 164 Å². The molecule has 1 aliphatic heterocycles. The van der Waals surface area contributed by atoms with Crippen LogP contribution >= 0.6 is 11.3 Å². The van der Waals surface area contributed by atoms with Crippen molar-refractivity contribution in [2.75, 3.05) is 31.1 Å². The van der Waals surface area contributed by atoms with Crippen molar-refractivity contribution in [1.82, 2.24) is 9.47 Å². The minimum Gasteiger partial charge on any atom is -0.368 e. The van der Waals surface area contributed by atoms with E-state index in [9.17, 15) is 4.79 Å². The van der Waals surface area contributed by atoms with Crippen LogP contribution in [0.3, 0.4) is 0 Å². The van der Waals surface area contributed by atoms with E-state index in [0.717, 1.165) is 49.7 Å². The van der Waals surface area contributed by atoms with Crippen molar-refractivity contribution >= 4 is 22.9 Å². The van der Waals surface area contributed by atoms with Crippen LogP contribution in [0.2, 0.25) is 0 Å². The number of carbonyl (C=O) groups excluding carboxylic acids is 1. The summed E-state index contributed by atoms with van der Waals surface area (Å²) in [4.78, 5) is 18.8. The Kier molecular flexibility index (Phi) is 5.03. The third-order valence-corrected chi connectivity index (χ3v) is 6.25. The highest BCUT2D eigenvalue weighted by Gasteiger charge is 2.25. The highest BCUT2D eigenvalue weighted by Crippen LogP contribution is 2.22. The lowest BCUT2D eigenvalue weighted by atomic mass is 10.2. The molecule has 1 aliphatic rings. The van der Waals surface area contributed by atoms with Gasteiger partial charge in [0.25, 0.3) is 5.91 Å². The maximum atomic E-state index is 13.1. The molecule has 4 rings (SSSR count). The second kappa shape index (κ2) is 7.61. The SMILES string of the molecule is Cc1cc(C(=O)N2CCN(c3ccccc3)CC2)c(C)n1Cc1cccs1. The molecule has 0 unspecified atom stereocenters. The molecule has 1 saturated heterocycles. The average Bonchev–Trinajstić information content (AvgIpc) is 3.32. The zero-order valence-corrected chi connectivity index (χ0v) is 16.7. The van der Waals surface area contributed by atoms with Gasteiger partial charge in [-0.3, -0.25) is 4.79 Å². The molecule has 4 nitrogen and oxygen atoms in total. The standard InChI is InChI=1S/C22H25N3OS/c1-17-15-21(18(2)25(17)16-20-9-6-14-27-20)22(26)24-12-10-23(11-13-24)19-7-4-3-5-8-19/h3-9,14-15H,10-13,16H2,1-2H3. The fraction of sp³-hybridized carbons (Fsp3) is 0.318. The number of aromatic nitrogens is 1. The summed E-state index contributed by atoms with van der Waals surface area (Å²) in [5.41, 5.74) is 4.29. The Hall–Kier alpha value is -2.53. The summed E-state index contributed by atoms with van der Waals surface area (Å²) in [7, 11) is 0. The number of piperazine rings is 1. The summed E-state index contributed by atoms with van der Waals surface area (Å²) in [6, 6.07) is 16.7. The second-order valence-corrected chi connectivity index (χ2v) is 8.10. The highest BCUT2D eigenvalue weighted by atomic mass is 32.1. The molecule has 0 N–H and O–H groups in total. The first kappa shape index (κ1) is 17.9. The van der Waals surface area contributed by atoms with Gasteiger partial charge >= 0.3 is 0 Å². The minimum absolute atomic E-state index is 0.160. The first-order valence-electron chi connectivity index (χ1n) is 9.42. The van der Waals surface area contributed by atoms with Gasteiger partial charge in [0.15, 0.2) is 0 Å². The Morgan fingerprint density at radius 2 is 1.74 bits per heavy atom. The number of nitrogens with zero attached hydrogens (tertiary/aromatic N) is 3. The molecule has 3 heterocycles. The highest BCUT2D eigenvalue weighted by molar-refractivity contribution is 7.09. The normalized spacial score (nSPS) is 14.6. The summed E-state index contributed by atoms with van der Waals surface area (Å²) in [5, 5.41) is 2.10. The van der Waals surface area contributed by atoms with E-state index in [2.05, 4.69) is 71.2 Å². The number of thiophene rings is 1. The number of benzene rings is 1. The molecule has 0 bridgehead atoms. The maximum Gasteiger partial charge on any atom is 0.255 e. The van der Waals surface area contributed by atoms with E-state index in [1.54, 1.807) is 11.3 Å². The third-order valence-electron chi connectivity index (χ3n) is 5.39. The van der Waals surface area contributed by atoms with Crippen LogP contribution < -0.4 is 4.90 Å². The van der Waals surface area contributed by atoms with Gasteiger partial charge in [-0.25, -0.2) is 0 Å². The van der Waals surface area contributed by atoms with Crippen molar-refractivity contribution < 1.29 is 4.79 Å². The Morgan fingerprint density at radius 3 is 2.41 bits per heavy atom. The molecule has 27 heavy (non-hydrogen) atoms. The first-order chi connectivity index (χ1) is 13.1. The predicted octanol–water partition coefficient (Wildman–Crippen LogP) is 4.18. The van der Waals surface area contributed by atoms with Gasteiger partial charge in [-0.2, -0.15) is 0 Å². The van der Waals surface area contributed by atoms with E-state index in [4.69, 9.17) is 0 Å². The van der Waals surface area contributed by atoms with Crippen LogP contribution in [0.5, 0.6) is 0 Å². The second-order valence-electron chi connectivity index (χ2n) is 7.07. The summed E-state index contributed by atoms with van der Waals surface area (Å²) in [6.07, 6.45) is 0. The molecule has 0 saturated carbocycles. The number of hydrogen-bond donors (Lipinski definition) is 0. The third kappa shape index (κ3) is 3.65. The smallest absolute Gasteiger partial charge is 0.255 e. The molecule has 2 aromatic heterocycles. The molecule has 0 spiro atoms. The van der Waals surface area contributed by atoms with Crippen molar-refractivity contribution in [2.24, 2.45) is 0 Å². The zero-order valence-electron chi connectivity index (χ0n) is 15.9. The lowest BCUT2D eigenvalue weighted by molar-refractivity contribution is 0.0746. The van der Waals surface area contributed by atoms with Gasteiger partial charge in [0.05, 0.1) is 12.1 Å². The molecule has 1 amide bonds. The molecule has 3 aromatic rings. The van der Waals surface area contributed by atoms with Gasteiger partial charge in [-0.15, -0.1) is 11.3 Å². The van der Waals surface area contributed by atoms with Gasteiger partial charge in [0, 0.05) is 48.1 Å². The predicted molar refractivity (Wildman–Crippen MR) is 112 cm³/mol. The quantitative estimate of drug-likeness (QED) is 0.680. The van der Waals surface area contributed by atoms with Crippen LogP contribution in [-0.4, -0.2) is 41.6 Å². The van der Waals surface area contributed by atoms with E-state index in [-0.39, 0.29) is 5.91 Å². The number of carbonyl (C=O) groups is 1. The average molecular weight is 380 g/mol. The van der Waals surface area contributed by atoms with Crippen molar-refractivity contribution in [3.63, 3.8) is 0 Å². The Bertz CT molecular complexity index is 907. The first-order valence-corrected chi connectivity index (χ1v) is 10.3. The fourth-order valence-corrected chi connectivity index (χ4v) is 4.49. The number of hydrogen-bond acceptors (Lipinski definition) is 3. The maximum absolute atomic E-state index is 13.1. The van der Waals surface area contributed by atoms with Crippen LogP contribution in [0.4, 0.5) is 5.69 Å². The number of rotatable bonds is 4. The van der Waals surface area contributed by atoms with Crippen LogP contribution in [0, 0.1) is 13.8 Å². The fourth-order valence-electron chi connectivity index (χ4n) is 3.80. The minimum atomic E-state index is 0.160. The topological polar surface area (TPSA) is 28.5 Å². The number of amides is 1. The molecule has 0 aliphatic carbocycles. The van der Waals surface area contributed by atoms with E-state index >= 15 is 0 Å². The van der Waals surface area contributed by atoms with E-state index in [0.29, 0.717) is 0 Å². The monoisotopic (exact) mass is 379 g/mol. The van der Waals surface area contributed by atoms with Crippen molar-refractivity contribution in [2.45, 2.75) is 20.4 Å². The van der Waals surface area contributed by atoms with Crippen LogP contribution in [0.15, 0.2) is 53.9 Å². The Balaban J connectivity index is 1.46. The molecule has 5 heteroatoms. The molecule has 0 radical (unpaired) electrons.